The monoisotopic (exact) mass is 504 g/mol. The normalized spacial score (nSPS) is 13.4. The fourth-order valence-electron chi connectivity index (χ4n) is 4.62. The number of carbonyl (C=O) groups excluding carboxylic acids is 1. The number of aromatic nitrogens is 4. The molecule has 1 aliphatic rings. The standard InChI is InChI=1S/C29H28N8O/c38-28(33-23-9-5-2-6-10-23)25-17-22-18-32-29(35-27(22)37(25)20-21-7-3-1-4-8-21)34-26-12-11-24(19-31-26)36-15-13-30-14-16-36/h1-12,17-19,30H,13-16,20H2,(H,33,38)(H,31,32,34,35). The summed E-state index contributed by atoms with van der Waals surface area (Å²) in [7, 11) is 0. The maximum Gasteiger partial charge on any atom is 0.272 e. The second-order valence-corrected chi connectivity index (χ2v) is 9.16. The van der Waals surface area contributed by atoms with Crippen LogP contribution in [-0.4, -0.2) is 51.6 Å². The van der Waals surface area contributed by atoms with Crippen molar-refractivity contribution in [3.8, 4) is 0 Å². The molecule has 9 heteroatoms. The number of nitrogens with zero attached hydrogens (tertiary/aromatic N) is 5. The number of benzene rings is 2. The molecule has 2 aromatic carbocycles. The molecule has 4 heterocycles. The van der Waals surface area contributed by atoms with Gasteiger partial charge in [-0.2, -0.15) is 4.98 Å². The van der Waals surface area contributed by atoms with Crippen molar-refractivity contribution in [1.82, 2.24) is 24.8 Å². The van der Waals surface area contributed by atoms with Gasteiger partial charge in [0.05, 0.1) is 11.9 Å². The summed E-state index contributed by atoms with van der Waals surface area (Å²) in [6, 6.07) is 25.3. The van der Waals surface area contributed by atoms with E-state index in [4.69, 9.17) is 4.98 Å². The Kier molecular flexibility index (Phi) is 6.65. The second kappa shape index (κ2) is 10.7. The molecule has 0 atom stereocenters. The molecule has 1 saturated heterocycles. The Morgan fingerprint density at radius 1 is 0.895 bits per heavy atom. The van der Waals surface area contributed by atoms with Crippen molar-refractivity contribution in [2.45, 2.75) is 6.54 Å². The van der Waals surface area contributed by atoms with E-state index in [-0.39, 0.29) is 5.91 Å². The number of hydrogen-bond acceptors (Lipinski definition) is 7. The molecule has 1 amide bonds. The van der Waals surface area contributed by atoms with E-state index in [9.17, 15) is 4.79 Å². The summed E-state index contributed by atoms with van der Waals surface area (Å²) in [6.45, 7) is 4.37. The number of fused-ring (bicyclic) bond motifs is 1. The first-order valence-corrected chi connectivity index (χ1v) is 12.7. The molecule has 0 unspecified atom stereocenters. The Morgan fingerprint density at radius 2 is 1.66 bits per heavy atom. The summed E-state index contributed by atoms with van der Waals surface area (Å²) in [5.74, 6) is 0.874. The third-order valence-electron chi connectivity index (χ3n) is 6.55. The van der Waals surface area contributed by atoms with Crippen molar-refractivity contribution >= 4 is 40.1 Å². The zero-order chi connectivity index (χ0) is 25.7. The van der Waals surface area contributed by atoms with Gasteiger partial charge in [-0.05, 0) is 35.9 Å². The fourth-order valence-corrected chi connectivity index (χ4v) is 4.62. The Morgan fingerprint density at radius 3 is 2.39 bits per heavy atom. The van der Waals surface area contributed by atoms with E-state index in [0.717, 1.165) is 48.5 Å². The predicted octanol–water partition coefficient (Wildman–Crippen LogP) is 4.28. The van der Waals surface area contributed by atoms with Crippen LogP contribution < -0.4 is 20.9 Å². The van der Waals surface area contributed by atoms with Gasteiger partial charge >= 0.3 is 0 Å². The molecule has 3 aromatic heterocycles. The van der Waals surface area contributed by atoms with Crippen LogP contribution in [0.3, 0.4) is 0 Å². The molecule has 0 saturated carbocycles. The largest absolute Gasteiger partial charge is 0.368 e. The van der Waals surface area contributed by atoms with Crippen molar-refractivity contribution in [3.05, 3.63) is 103 Å². The Labute approximate surface area is 220 Å². The minimum absolute atomic E-state index is 0.204. The van der Waals surface area contributed by atoms with Crippen molar-refractivity contribution in [1.29, 1.82) is 0 Å². The lowest BCUT2D eigenvalue weighted by Crippen LogP contribution is -2.43. The first kappa shape index (κ1) is 23.6. The van der Waals surface area contributed by atoms with Gasteiger partial charge in [0.15, 0.2) is 0 Å². The van der Waals surface area contributed by atoms with Gasteiger partial charge in [0.25, 0.3) is 5.91 Å². The minimum Gasteiger partial charge on any atom is -0.368 e. The molecule has 190 valence electrons. The highest BCUT2D eigenvalue weighted by Gasteiger charge is 2.18. The molecule has 0 bridgehead atoms. The summed E-state index contributed by atoms with van der Waals surface area (Å²) in [6.07, 6.45) is 3.61. The lowest BCUT2D eigenvalue weighted by Gasteiger charge is -2.29. The summed E-state index contributed by atoms with van der Waals surface area (Å²) < 4.78 is 1.93. The minimum atomic E-state index is -0.204. The number of piperazine rings is 1. The lowest BCUT2D eigenvalue weighted by atomic mass is 10.2. The number of amides is 1. The second-order valence-electron chi connectivity index (χ2n) is 9.16. The molecule has 5 aromatic rings. The van der Waals surface area contributed by atoms with E-state index < -0.39 is 0 Å². The van der Waals surface area contributed by atoms with Crippen LogP contribution in [0.4, 0.5) is 23.1 Å². The van der Waals surface area contributed by atoms with Crippen LogP contribution in [-0.2, 0) is 6.54 Å². The molecule has 1 aliphatic heterocycles. The molecule has 6 rings (SSSR count). The average Bonchev–Trinajstić information content (AvgIpc) is 3.33. The number of anilines is 4. The number of rotatable bonds is 7. The van der Waals surface area contributed by atoms with E-state index in [2.05, 4.69) is 36.9 Å². The average molecular weight is 505 g/mol. The van der Waals surface area contributed by atoms with Crippen LogP contribution >= 0.6 is 0 Å². The third kappa shape index (κ3) is 5.18. The van der Waals surface area contributed by atoms with Crippen LogP contribution in [0.25, 0.3) is 11.0 Å². The molecule has 3 N–H and O–H groups in total. The summed E-state index contributed by atoms with van der Waals surface area (Å²) in [5, 5.41) is 10.4. The van der Waals surface area contributed by atoms with Crippen molar-refractivity contribution in [3.63, 3.8) is 0 Å². The van der Waals surface area contributed by atoms with Crippen molar-refractivity contribution in [2.75, 3.05) is 41.7 Å². The van der Waals surface area contributed by atoms with Gasteiger partial charge in [0.1, 0.15) is 17.2 Å². The number of hydrogen-bond donors (Lipinski definition) is 3. The summed E-state index contributed by atoms with van der Waals surface area (Å²) in [4.78, 5) is 29.5. The van der Waals surface area contributed by atoms with Crippen LogP contribution in [0.2, 0.25) is 0 Å². The SMILES string of the molecule is O=C(Nc1ccccc1)c1cc2cnc(Nc3ccc(N4CCNCC4)cn3)nc2n1Cc1ccccc1. The van der Waals surface area contributed by atoms with Gasteiger partial charge in [-0.1, -0.05) is 48.5 Å². The molecule has 1 fully saturated rings. The molecule has 38 heavy (non-hydrogen) atoms. The topological polar surface area (TPSA) is 100 Å². The zero-order valence-electron chi connectivity index (χ0n) is 20.8. The summed E-state index contributed by atoms with van der Waals surface area (Å²) in [5.41, 5.74) is 4.08. The van der Waals surface area contributed by atoms with E-state index in [1.165, 1.54) is 0 Å². The maximum atomic E-state index is 13.3. The Bertz CT molecular complexity index is 1530. The molecular formula is C29H28N8O. The van der Waals surface area contributed by atoms with Gasteiger partial charge in [0.2, 0.25) is 5.95 Å². The van der Waals surface area contributed by atoms with Crippen LogP contribution in [0, 0.1) is 0 Å². The van der Waals surface area contributed by atoms with E-state index in [0.29, 0.717) is 29.7 Å². The summed E-state index contributed by atoms with van der Waals surface area (Å²) >= 11 is 0. The predicted molar refractivity (Wildman–Crippen MR) is 150 cm³/mol. The van der Waals surface area contributed by atoms with E-state index >= 15 is 0 Å². The highest BCUT2D eigenvalue weighted by molar-refractivity contribution is 6.06. The number of para-hydroxylation sites is 1. The van der Waals surface area contributed by atoms with Gasteiger partial charge in [0, 0.05) is 50.0 Å². The van der Waals surface area contributed by atoms with Crippen molar-refractivity contribution < 1.29 is 4.79 Å². The molecule has 0 spiro atoms. The molecule has 9 nitrogen and oxygen atoms in total. The third-order valence-corrected chi connectivity index (χ3v) is 6.55. The van der Waals surface area contributed by atoms with E-state index in [1.807, 2.05) is 83.6 Å². The van der Waals surface area contributed by atoms with Crippen LogP contribution in [0.15, 0.2) is 91.3 Å². The van der Waals surface area contributed by atoms with Gasteiger partial charge in [-0.25, -0.2) is 9.97 Å². The van der Waals surface area contributed by atoms with Crippen LogP contribution in [0.5, 0.6) is 0 Å². The van der Waals surface area contributed by atoms with Gasteiger partial charge in [-0.15, -0.1) is 0 Å². The maximum absolute atomic E-state index is 13.3. The number of pyridine rings is 1. The van der Waals surface area contributed by atoms with E-state index in [1.54, 1.807) is 6.20 Å². The fraction of sp³-hybridized carbons (Fsp3) is 0.172. The van der Waals surface area contributed by atoms with Crippen molar-refractivity contribution in [2.24, 2.45) is 0 Å². The smallest absolute Gasteiger partial charge is 0.272 e. The van der Waals surface area contributed by atoms with Crippen LogP contribution in [0.1, 0.15) is 16.1 Å². The van der Waals surface area contributed by atoms with Gasteiger partial charge < -0.3 is 25.4 Å². The molecule has 0 radical (unpaired) electrons. The molecular weight excluding hydrogens is 476 g/mol. The highest BCUT2D eigenvalue weighted by atomic mass is 16.2. The first-order chi connectivity index (χ1) is 18.7. The number of nitrogens with one attached hydrogen (secondary N) is 3. The number of carbonyl (C=O) groups is 1. The molecule has 0 aliphatic carbocycles. The zero-order valence-corrected chi connectivity index (χ0v) is 20.8. The van der Waals surface area contributed by atoms with Gasteiger partial charge in [-0.3, -0.25) is 4.79 Å². The lowest BCUT2D eigenvalue weighted by molar-refractivity contribution is 0.101. The highest BCUT2D eigenvalue weighted by Crippen LogP contribution is 2.23. The quantitative estimate of drug-likeness (QED) is 0.304. The Hall–Kier alpha value is -4.76. The Balaban J connectivity index is 1.30. The first-order valence-electron chi connectivity index (χ1n) is 12.7.